The maximum Gasteiger partial charge on any atom is 0.316 e. The third-order valence-corrected chi connectivity index (χ3v) is 5.12. The summed E-state index contributed by atoms with van der Waals surface area (Å²) < 4.78 is 12.3. The normalized spacial score (nSPS) is 14.5. The number of hydrogen-bond donors (Lipinski definition) is 1. The zero-order valence-corrected chi connectivity index (χ0v) is 15.5. The fourth-order valence-electron chi connectivity index (χ4n) is 2.92. The summed E-state index contributed by atoms with van der Waals surface area (Å²) in [5.41, 5.74) is 0. The summed E-state index contributed by atoms with van der Waals surface area (Å²) in [6.07, 6.45) is 5.85. The molecule has 0 spiro atoms. The van der Waals surface area contributed by atoms with Crippen LogP contribution in [0.1, 0.15) is 32.6 Å². The number of furan rings is 1. The van der Waals surface area contributed by atoms with Gasteiger partial charge in [0.15, 0.2) is 23.3 Å². The van der Waals surface area contributed by atoms with Crippen molar-refractivity contribution in [3.05, 3.63) is 18.4 Å². The van der Waals surface area contributed by atoms with Gasteiger partial charge in [-0.2, -0.15) is 0 Å². The van der Waals surface area contributed by atoms with Gasteiger partial charge in [0, 0.05) is 12.6 Å². The first-order valence-corrected chi connectivity index (χ1v) is 9.70. The SMILES string of the molecule is CCn1c(SCC(=O)OCC(=O)NC2CCCC2)nnc1-c1ccco1. The molecular formula is C17H22N4O4S. The maximum atomic E-state index is 11.9. The van der Waals surface area contributed by atoms with Crippen LogP contribution in [0.2, 0.25) is 0 Å². The summed E-state index contributed by atoms with van der Waals surface area (Å²) in [5, 5.41) is 11.7. The van der Waals surface area contributed by atoms with E-state index in [0.717, 1.165) is 25.7 Å². The number of esters is 1. The average Bonchev–Trinajstić information content (AvgIpc) is 3.38. The Labute approximate surface area is 155 Å². The minimum Gasteiger partial charge on any atom is -0.461 e. The van der Waals surface area contributed by atoms with E-state index in [2.05, 4.69) is 15.5 Å². The summed E-state index contributed by atoms with van der Waals surface area (Å²) in [5.74, 6) is 0.600. The van der Waals surface area contributed by atoms with Crippen LogP contribution in [0.5, 0.6) is 0 Å². The lowest BCUT2D eigenvalue weighted by Gasteiger charge is -2.11. The molecule has 8 nitrogen and oxygen atoms in total. The van der Waals surface area contributed by atoms with E-state index < -0.39 is 5.97 Å². The number of carbonyl (C=O) groups is 2. The summed E-state index contributed by atoms with van der Waals surface area (Å²) in [6.45, 7) is 2.36. The van der Waals surface area contributed by atoms with Crippen molar-refractivity contribution in [1.29, 1.82) is 0 Å². The number of rotatable bonds is 8. The Kier molecular flexibility index (Phi) is 6.32. The van der Waals surface area contributed by atoms with Crippen LogP contribution in [0.3, 0.4) is 0 Å². The number of nitrogens with zero attached hydrogens (tertiary/aromatic N) is 3. The second-order valence-corrected chi connectivity index (χ2v) is 6.97. The highest BCUT2D eigenvalue weighted by Crippen LogP contribution is 2.24. The molecule has 0 radical (unpaired) electrons. The summed E-state index contributed by atoms with van der Waals surface area (Å²) >= 11 is 1.22. The fourth-order valence-corrected chi connectivity index (χ4v) is 3.72. The van der Waals surface area contributed by atoms with Gasteiger partial charge in [-0.05, 0) is 31.9 Å². The van der Waals surface area contributed by atoms with Crippen LogP contribution in [0.25, 0.3) is 11.6 Å². The smallest absolute Gasteiger partial charge is 0.316 e. The first kappa shape index (κ1) is 18.5. The number of aromatic nitrogens is 3. The Morgan fingerprint density at radius 3 is 2.88 bits per heavy atom. The van der Waals surface area contributed by atoms with Crippen LogP contribution >= 0.6 is 11.8 Å². The molecule has 0 bridgehead atoms. The standard InChI is InChI=1S/C17H22N4O4S/c1-2-21-16(13-8-5-9-24-13)19-20-17(21)26-11-15(23)25-10-14(22)18-12-6-3-4-7-12/h5,8-9,12H,2-4,6-7,10-11H2,1H3,(H,18,22). The van der Waals surface area contributed by atoms with Crippen LogP contribution in [-0.4, -0.2) is 45.0 Å². The first-order valence-electron chi connectivity index (χ1n) is 8.72. The third-order valence-electron chi connectivity index (χ3n) is 4.18. The predicted molar refractivity (Wildman–Crippen MR) is 95.5 cm³/mol. The number of amides is 1. The molecule has 0 aliphatic heterocycles. The topological polar surface area (TPSA) is 99.2 Å². The summed E-state index contributed by atoms with van der Waals surface area (Å²) in [6, 6.07) is 3.81. The molecule has 1 saturated carbocycles. The molecule has 2 heterocycles. The number of nitrogens with one attached hydrogen (secondary N) is 1. The van der Waals surface area contributed by atoms with E-state index in [-0.39, 0.29) is 24.3 Å². The lowest BCUT2D eigenvalue weighted by atomic mass is 10.2. The molecular weight excluding hydrogens is 356 g/mol. The van der Waals surface area contributed by atoms with Gasteiger partial charge in [-0.25, -0.2) is 0 Å². The minimum atomic E-state index is -0.457. The highest BCUT2D eigenvalue weighted by atomic mass is 32.2. The molecule has 3 rings (SSSR count). The Hall–Kier alpha value is -2.29. The lowest BCUT2D eigenvalue weighted by molar-refractivity contribution is -0.146. The van der Waals surface area contributed by atoms with Gasteiger partial charge in [0.2, 0.25) is 0 Å². The molecule has 1 amide bonds. The molecule has 1 fully saturated rings. The van der Waals surface area contributed by atoms with E-state index in [9.17, 15) is 9.59 Å². The molecule has 0 unspecified atom stereocenters. The predicted octanol–water partition coefficient (Wildman–Crippen LogP) is 2.25. The largest absolute Gasteiger partial charge is 0.461 e. The van der Waals surface area contributed by atoms with Crippen LogP contribution < -0.4 is 5.32 Å². The summed E-state index contributed by atoms with van der Waals surface area (Å²) in [4.78, 5) is 23.7. The average molecular weight is 378 g/mol. The van der Waals surface area contributed by atoms with E-state index in [1.54, 1.807) is 12.3 Å². The number of ether oxygens (including phenoxy) is 1. The van der Waals surface area contributed by atoms with Gasteiger partial charge in [0.25, 0.3) is 5.91 Å². The molecule has 1 aliphatic rings. The zero-order chi connectivity index (χ0) is 18.4. The third kappa shape index (κ3) is 4.66. The Morgan fingerprint density at radius 1 is 1.38 bits per heavy atom. The van der Waals surface area contributed by atoms with Crippen LogP contribution in [0.4, 0.5) is 0 Å². The van der Waals surface area contributed by atoms with Crippen molar-refractivity contribution in [3.63, 3.8) is 0 Å². The quantitative estimate of drug-likeness (QED) is 0.555. The molecule has 9 heteroatoms. The highest BCUT2D eigenvalue weighted by molar-refractivity contribution is 7.99. The molecule has 1 aliphatic carbocycles. The number of hydrogen-bond acceptors (Lipinski definition) is 7. The van der Waals surface area contributed by atoms with E-state index in [1.807, 2.05) is 17.6 Å². The van der Waals surface area contributed by atoms with E-state index in [1.165, 1.54) is 11.8 Å². The second kappa shape index (κ2) is 8.88. The van der Waals surface area contributed by atoms with Crippen molar-refractivity contribution >= 4 is 23.6 Å². The lowest BCUT2D eigenvalue weighted by Crippen LogP contribution is -2.36. The van der Waals surface area contributed by atoms with E-state index >= 15 is 0 Å². The highest BCUT2D eigenvalue weighted by Gasteiger charge is 2.19. The molecule has 2 aromatic heterocycles. The maximum absolute atomic E-state index is 11.9. The molecule has 2 aromatic rings. The Bertz CT molecular complexity index is 738. The van der Waals surface area contributed by atoms with Crippen LogP contribution in [0.15, 0.2) is 28.0 Å². The molecule has 140 valence electrons. The molecule has 1 N–H and O–H groups in total. The Morgan fingerprint density at radius 2 is 2.19 bits per heavy atom. The van der Waals surface area contributed by atoms with Gasteiger partial charge in [-0.1, -0.05) is 24.6 Å². The van der Waals surface area contributed by atoms with Gasteiger partial charge in [0.05, 0.1) is 12.0 Å². The monoisotopic (exact) mass is 378 g/mol. The fraction of sp³-hybridized carbons (Fsp3) is 0.529. The molecule has 0 atom stereocenters. The van der Waals surface area contributed by atoms with Crippen molar-refractivity contribution in [3.8, 4) is 11.6 Å². The van der Waals surface area contributed by atoms with Crippen molar-refractivity contribution in [2.45, 2.75) is 50.4 Å². The van der Waals surface area contributed by atoms with Gasteiger partial charge >= 0.3 is 5.97 Å². The van der Waals surface area contributed by atoms with E-state index in [0.29, 0.717) is 23.3 Å². The van der Waals surface area contributed by atoms with Gasteiger partial charge in [0.1, 0.15) is 0 Å². The summed E-state index contributed by atoms with van der Waals surface area (Å²) in [7, 11) is 0. The van der Waals surface area contributed by atoms with Gasteiger partial charge in [-0.3, -0.25) is 14.2 Å². The molecule has 0 aromatic carbocycles. The van der Waals surface area contributed by atoms with Crippen LogP contribution in [-0.2, 0) is 20.9 Å². The number of carbonyl (C=O) groups excluding carboxylic acids is 2. The van der Waals surface area contributed by atoms with E-state index in [4.69, 9.17) is 9.15 Å². The second-order valence-electron chi connectivity index (χ2n) is 6.03. The van der Waals surface area contributed by atoms with Crippen molar-refractivity contribution in [2.75, 3.05) is 12.4 Å². The molecule has 0 saturated heterocycles. The first-order chi connectivity index (χ1) is 12.7. The van der Waals surface area contributed by atoms with Crippen molar-refractivity contribution in [2.24, 2.45) is 0 Å². The van der Waals surface area contributed by atoms with Crippen molar-refractivity contribution < 1.29 is 18.7 Å². The van der Waals surface area contributed by atoms with Crippen LogP contribution in [0, 0.1) is 0 Å². The zero-order valence-electron chi connectivity index (χ0n) is 14.6. The minimum absolute atomic E-state index is 0.0625. The molecule has 26 heavy (non-hydrogen) atoms. The van der Waals surface area contributed by atoms with Gasteiger partial charge < -0.3 is 14.5 Å². The van der Waals surface area contributed by atoms with Gasteiger partial charge in [-0.15, -0.1) is 10.2 Å². The Balaban J connectivity index is 1.46. The van der Waals surface area contributed by atoms with Crippen molar-refractivity contribution in [1.82, 2.24) is 20.1 Å². The number of thioether (sulfide) groups is 1.